The summed E-state index contributed by atoms with van der Waals surface area (Å²) in [6.45, 7) is 2.22. The standard InChI is InChI=1S/C8H10N4O3/c1-3-12-5-4(6(13)11-8(12)14)9-7(10-5)15-2/h3H2,1-2H3,(H,9,10)(H,11,13,14). The van der Waals surface area contributed by atoms with Crippen LogP contribution in [0.25, 0.3) is 11.2 Å². The first-order chi connectivity index (χ1) is 7.17. The van der Waals surface area contributed by atoms with Crippen LogP contribution >= 0.6 is 0 Å². The molecule has 7 heteroatoms. The van der Waals surface area contributed by atoms with Crippen molar-refractivity contribution >= 4 is 11.2 Å². The zero-order chi connectivity index (χ0) is 11.0. The Labute approximate surface area is 83.7 Å². The third-order valence-corrected chi connectivity index (χ3v) is 2.12. The molecule has 0 atom stereocenters. The largest absolute Gasteiger partial charge is 0.468 e. The van der Waals surface area contributed by atoms with E-state index in [0.717, 1.165) is 0 Å². The summed E-state index contributed by atoms with van der Waals surface area (Å²) >= 11 is 0. The highest BCUT2D eigenvalue weighted by molar-refractivity contribution is 5.70. The molecule has 2 aromatic heterocycles. The van der Waals surface area contributed by atoms with Crippen molar-refractivity contribution in [1.29, 1.82) is 0 Å². The summed E-state index contributed by atoms with van der Waals surface area (Å²) in [6, 6.07) is 0.211. The molecule has 7 nitrogen and oxygen atoms in total. The van der Waals surface area contributed by atoms with Crippen LogP contribution in [0.15, 0.2) is 9.59 Å². The number of fused-ring (bicyclic) bond motifs is 1. The molecule has 15 heavy (non-hydrogen) atoms. The second-order valence-corrected chi connectivity index (χ2v) is 2.95. The number of aryl methyl sites for hydroxylation is 1. The van der Waals surface area contributed by atoms with Gasteiger partial charge in [0.25, 0.3) is 11.6 Å². The molecule has 2 rings (SSSR count). The summed E-state index contributed by atoms with van der Waals surface area (Å²) < 4.78 is 6.22. The van der Waals surface area contributed by atoms with E-state index in [1.165, 1.54) is 11.7 Å². The van der Waals surface area contributed by atoms with E-state index in [1.54, 1.807) is 6.92 Å². The maximum atomic E-state index is 11.4. The minimum Gasteiger partial charge on any atom is -0.468 e. The number of methoxy groups -OCH3 is 1. The molecule has 0 radical (unpaired) electrons. The Morgan fingerprint density at radius 1 is 1.40 bits per heavy atom. The van der Waals surface area contributed by atoms with Gasteiger partial charge in [-0.25, -0.2) is 4.79 Å². The number of hydrogen-bond donors (Lipinski definition) is 2. The van der Waals surface area contributed by atoms with Gasteiger partial charge in [-0.05, 0) is 6.92 Å². The number of rotatable bonds is 2. The van der Waals surface area contributed by atoms with Crippen LogP contribution < -0.4 is 16.0 Å². The van der Waals surface area contributed by atoms with Gasteiger partial charge in [0.15, 0.2) is 11.2 Å². The topological polar surface area (TPSA) is 92.8 Å². The minimum atomic E-state index is -0.490. The first kappa shape index (κ1) is 9.50. The van der Waals surface area contributed by atoms with Crippen LogP contribution in [0.4, 0.5) is 0 Å². The quantitative estimate of drug-likeness (QED) is 0.695. The SMILES string of the molecule is CCn1c(=O)[nH]c(=O)c2[nH]c(OC)nc21. The fourth-order valence-corrected chi connectivity index (χ4v) is 1.41. The van der Waals surface area contributed by atoms with E-state index in [9.17, 15) is 9.59 Å². The van der Waals surface area contributed by atoms with Gasteiger partial charge in [0.1, 0.15) is 0 Å². The molecule has 0 aliphatic heterocycles. The number of ether oxygens (including phenoxy) is 1. The van der Waals surface area contributed by atoms with Gasteiger partial charge >= 0.3 is 5.69 Å². The second kappa shape index (κ2) is 3.26. The second-order valence-electron chi connectivity index (χ2n) is 2.95. The third-order valence-electron chi connectivity index (χ3n) is 2.12. The lowest BCUT2D eigenvalue weighted by Crippen LogP contribution is -2.29. The average molecular weight is 210 g/mol. The van der Waals surface area contributed by atoms with E-state index < -0.39 is 11.2 Å². The van der Waals surface area contributed by atoms with E-state index in [4.69, 9.17) is 4.74 Å². The number of hydrogen-bond acceptors (Lipinski definition) is 4. The zero-order valence-electron chi connectivity index (χ0n) is 8.33. The van der Waals surface area contributed by atoms with Crippen molar-refractivity contribution < 1.29 is 4.74 Å². The van der Waals surface area contributed by atoms with Gasteiger partial charge in [0.2, 0.25) is 0 Å². The summed E-state index contributed by atoms with van der Waals surface area (Å²) in [6.07, 6.45) is 0. The number of nitrogens with zero attached hydrogens (tertiary/aromatic N) is 2. The van der Waals surface area contributed by atoms with Crippen LogP contribution in [0, 0.1) is 0 Å². The lowest BCUT2D eigenvalue weighted by atomic mass is 10.5. The van der Waals surface area contributed by atoms with E-state index in [-0.39, 0.29) is 11.5 Å². The lowest BCUT2D eigenvalue weighted by Gasteiger charge is -1.99. The van der Waals surface area contributed by atoms with Crippen molar-refractivity contribution in [3.8, 4) is 6.01 Å². The molecule has 2 heterocycles. The molecule has 0 saturated heterocycles. The van der Waals surface area contributed by atoms with Crippen molar-refractivity contribution in [3.63, 3.8) is 0 Å². The fourth-order valence-electron chi connectivity index (χ4n) is 1.41. The van der Waals surface area contributed by atoms with Crippen LogP contribution in [-0.2, 0) is 6.54 Å². The molecule has 0 spiro atoms. The third kappa shape index (κ3) is 1.32. The summed E-state index contributed by atoms with van der Waals surface area (Å²) in [5.74, 6) is 0. The highest BCUT2D eigenvalue weighted by Crippen LogP contribution is 2.09. The van der Waals surface area contributed by atoms with Crippen LogP contribution in [0.2, 0.25) is 0 Å². The number of aromatic nitrogens is 4. The Morgan fingerprint density at radius 3 is 2.73 bits per heavy atom. The van der Waals surface area contributed by atoms with Crippen molar-refractivity contribution in [2.75, 3.05) is 7.11 Å². The van der Waals surface area contributed by atoms with Crippen molar-refractivity contribution in [2.45, 2.75) is 13.5 Å². The molecule has 2 aromatic rings. The highest BCUT2D eigenvalue weighted by atomic mass is 16.5. The molecule has 0 fully saturated rings. The van der Waals surface area contributed by atoms with Gasteiger partial charge in [-0.15, -0.1) is 0 Å². The number of imidazole rings is 1. The Balaban J connectivity index is 2.94. The minimum absolute atomic E-state index is 0.211. The Kier molecular flexibility index (Phi) is 2.07. The predicted octanol–water partition coefficient (Wildman–Crippen LogP) is -0.559. The first-order valence-corrected chi connectivity index (χ1v) is 4.44. The fraction of sp³-hybridized carbons (Fsp3) is 0.375. The Morgan fingerprint density at radius 2 is 2.13 bits per heavy atom. The molecule has 2 N–H and O–H groups in total. The van der Waals surface area contributed by atoms with E-state index in [0.29, 0.717) is 12.2 Å². The molecule has 0 bridgehead atoms. The van der Waals surface area contributed by atoms with Gasteiger partial charge in [-0.2, -0.15) is 4.98 Å². The molecule has 0 amide bonds. The van der Waals surface area contributed by atoms with Crippen molar-refractivity contribution in [3.05, 3.63) is 20.8 Å². The summed E-state index contributed by atoms with van der Waals surface area (Å²) in [4.78, 5) is 31.7. The maximum Gasteiger partial charge on any atom is 0.330 e. The number of nitrogens with one attached hydrogen (secondary N) is 2. The highest BCUT2D eigenvalue weighted by Gasteiger charge is 2.11. The van der Waals surface area contributed by atoms with E-state index in [2.05, 4.69) is 15.0 Å². The van der Waals surface area contributed by atoms with Crippen molar-refractivity contribution in [1.82, 2.24) is 19.5 Å². The predicted molar refractivity (Wildman–Crippen MR) is 53.2 cm³/mol. The number of aromatic amines is 2. The lowest BCUT2D eigenvalue weighted by molar-refractivity contribution is 0.385. The van der Waals surface area contributed by atoms with E-state index in [1.807, 2.05) is 0 Å². The van der Waals surface area contributed by atoms with Crippen LogP contribution in [-0.4, -0.2) is 26.6 Å². The van der Waals surface area contributed by atoms with Gasteiger partial charge in [0.05, 0.1) is 7.11 Å². The van der Waals surface area contributed by atoms with Crippen molar-refractivity contribution in [2.24, 2.45) is 0 Å². The smallest absolute Gasteiger partial charge is 0.330 e. The first-order valence-electron chi connectivity index (χ1n) is 4.44. The van der Waals surface area contributed by atoms with Gasteiger partial charge in [0, 0.05) is 6.54 Å². The molecule has 80 valence electrons. The zero-order valence-corrected chi connectivity index (χ0v) is 8.33. The summed E-state index contributed by atoms with van der Waals surface area (Å²) in [5, 5.41) is 0. The average Bonchev–Trinajstić information content (AvgIpc) is 2.62. The van der Waals surface area contributed by atoms with Crippen LogP contribution in [0.1, 0.15) is 6.92 Å². The van der Waals surface area contributed by atoms with Crippen LogP contribution in [0.5, 0.6) is 6.01 Å². The van der Waals surface area contributed by atoms with Gasteiger partial charge in [-0.3, -0.25) is 14.3 Å². The molecule has 0 unspecified atom stereocenters. The molecule has 0 saturated carbocycles. The molecule has 0 aliphatic rings. The Bertz CT molecular complexity index is 606. The van der Waals surface area contributed by atoms with E-state index >= 15 is 0 Å². The van der Waals surface area contributed by atoms with Gasteiger partial charge < -0.3 is 9.72 Å². The van der Waals surface area contributed by atoms with Gasteiger partial charge in [-0.1, -0.05) is 0 Å². The molecular formula is C8H10N4O3. The molecule has 0 aliphatic carbocycles. The normalized spacial score (nSPS) is 10.8. The summed E-state index contributed by atoms with van der Waals surface area (Å²) in [7, 11) is 1.43. The summed E-state index contributed by atoms with van der Waals surface area (Å²) in [5.41, 5.74) is -0.406. The molecule has 0 aromatic carbocycles. The van der Waals surface area contributed by atoms with Crippen LogP contribution in [0.3, 0.4) is 0 Å². The molecular weight excluding hydrogens is 200 g/mol. The Hall–Kier alpha value is -2.05. The monoisotopic (exact) mass is 210 g/mol. The number of H-pyrrole nitrogens is 2. The maximum absolute atomic E-state index is 11.4.